The van der Waals surface area contributed by atoms with Crippen molar-refractivity contribution in [2.45, 2.75) is 19.3 Å². The van der Waals surface area contributed by atoms with Gasteiger partial charge >= 0.3 is 0 Å². The van der Waals surface area contributed by atoms with Crippen LogP contribution in [0, 0.1) is 11.9 Å². The van der Waals surface area contributed by atoms with Gasteiger partial charge in [-0.3, -0.25) is 14.7 Å². The van der Waals surface area contributed by atoms with Crippen LogP contribution in [0.2, 0.25) is 0 Å². The fourth-order valence-electron chi connectivity index (χ4n) is 3.17. The number of hydrogen-bond acceptors (Lipinski definition) is 5. The number of aromatic nitrogens is 5. The molecule has 26 heavy (non-hydrogen) atoms. The van der Waals surface area contributed by atoms with Gasteiger partial charge in [-0.15, -0.1) is 0 Å². The summed E-state index contributed by atoms with van der Waals surface area (Å²) in [5.74, 6) is 0.280. The first-order chi connectivity index (χ1) is 12.7. The molecule has 3 aromatic rings. The SMILES string of the molecule is O=C1C(Cc2ccc(F)nc2)CCCN1c1nc(-c2ccncc2)n[nH]1. The van der Waals surface area contributed by atoms with Crippen LogP contribution >= 0.6 is 0 Å². The summed E-state index contributed by atoms with van der Waals surface area (Å²) < 4.78 is 13.0. The number of hydrogen-bond donors (Lipinski definition) is 1. The number of carbonyl (C=O) groups excluding carboxylic acids is 1. The number of piperidine rings is 1. The summed E-state index contributed by atoms with van der Waals surface area (Å²) >= 11 is 0. The Labute approximate surface area is 149 Å². The van der Waals surface area contributed by atoms with Gasteiger partial charge in [0.1, 0.15) is 0 Å². The van der Waals surface area contributed by atoms with E-state index in [-0.39, 0.29) is 11.8 Å². The molecule has 1 aliphatic rings. The van der Waals surface area contributed by atoms with E-state index in [4.69, 9.17) is 0 Å². The molecule has 1 saturated heterocycles. The number of carbonyl (C=O) groups is 1. The highest BCUT2D eigenvalue weighted by molar-refractivity contribution is 5.94. The first-order valence-electron chi connectivity index (χ1n) is 8.45. The third kappa shape index (κ3) is 3.30. The van der Waals surface area contributed by atoms with E-state index in [1.807, 2.05) is 12.1 Å². The van der Waals surface area contributed by atoms with Gasteiger partial charge in [0.25, 0.3) is 0 Å². The van der Waals surface area contributed by atoms with Gasteiger partial charge < -0.3 is 0 Å². The Bertz CT molecular complexity index is 896. The maximum atomic E-state index is 13.0. The molecule has 7 nitrogen and oxygen atoms in total. The molecular formula is C18H17FN6O. The van der Waals surface area contributed by atoms with Crippen molar-refractivity contribution in [2.24, 2.45) is 5.92 Å². The fourth-order valence-corrected chi connectivity index (χ4v) is 3.17. The second kappa shape index (κ2) is 6.99. The molecule has 8 heteroatoms. The molecule has 1 fully saturated rings. The van der Waals surface area contributed by atoms with Gasteiger partial charge in [0, 0.05) is 36.6 Å². The summed E-state index contributed by atoms with van der Waals surface area (Å²) in [7, 11) is 0. The van der Waals surface area contributed by atoms with Crippen molar-refractivity contribution in [3.8, 4) is 11.4 Å². The Morgan fingerprint density at radius 1 is 1.23 bits per heavy atom. The molecule has 0 bridgehead atoms. The van der Waals surface area contributed by atoms with E-state index in [2.05, 4.69) is 25.1 Å². The number of nitrogens with zero attached hydrogens (tertiary/aromatic N) is 5. The second-order valence-electron chi connectivity index (χ2n) is 6.24. The van der Waals surface area contributed by atoms with E-state index in [0.717, 1.165) is 24.0 Å². The molecule has 1 amide bonds. The largest absolute Gasteiger partial charge is 0.281 e. The summed E-state index contributed by atoms with van der Waals surface area (Å²) in [5.41, 5.74) is 1.68. The quantitative estimate of drug-likeness (QED) is 0.729. The number of aromatic amines is 1. The lowest BCUT2D eigenvalue weighted by Crippen LogP contribution is -2.42. The predicted octanol–water partition coefficient (Wildman–Crippen LogP) is 2.39. The molecule has 0 saturated carbocycles. The van der Waals surface area contributed by atoms with Crippen LogP contribution in [-0.4, -0.2) is 37.6 Å². The summed E-state index contributed by atoms with van der Waals surface area (Å²) in [6, 6.07) is 6.62. The van der Waals surface area contributed by atoms with E-state index in [0.29, 0.717) is 24.7 Å². The van der Waals surface area contributed by atoms with E-state index >= 15 is 0 Å². The molecular weight excluding hydrogens is 335 g/mol. The predicted molar refractivity (Wildman–Crippen MR) is 92.6 cm³/mol. The van der Waals surface area contributed by atoms with Crippen molar-refractivity contribution in [1.29, 1.82) is 0 Å². The van der Waals surface area contributed by atoms with Gasteiger partial charge in [-0.2, -0.15) is 14.5 Å². The minimum atomic E-state index is -0.518. The Hall–Kier alpha value is -3.16. The zero-order valence-corrected chi connectivity index (χ0v) is 14.0. The topological polar surface area (TPSA) is 87.7 Å². The van der Waals surface area contributed by atoms with Crippen LogP contribution in [0.25, 0.3) is 11.4 Å². The number of H-pyrrole nitrogens is 1. The van der Waals surface area contributed by atoms with Crippen molar-refractivity contribution in [3.05, 3.63) is 54.4 Å². The lowest BCUT2D eigenvalue weighted by Gasteiger charge is -2.30. The summed E-state index contributed by atoms with van der Waals surface area (Å²) in [6.07, 6.45) is 7.02. The van der Waals surface area contributed by atoms with Gasteiger partial charge in [0.2, 0.25) is 17.8 Å². The molecule has 4 rings (SSSR count). The molecule has 1 N–H and O–H groups in total. The molecule has 4 heterocycles. The van der Waals surface area contributed by atoms with Gasteiger partial charge in [-0.1, -0.05) is 6.07 Å². The lowest BCUT2D eigenvalue weighted by molar-refractivity contribution is -0.123. The monoisotopic (exact) mass is 352 g/mol. The van der Waals surface area contributed by atoms with Gasteiger partial charge in [-0.05, 0) is 43.0 Å². The molecule has 132 valence electrons. The second-order valence-corrected chi connectivity index (χ2v) is 6.24. The number of nitrogens with one attached hydrogen (secondary N) is 1. The van der Waals surface area contributed by atoms with Crippen LogP contribution in [0.1, 0.15) is 18.4 Å². The van der Waals surface area contributed by atoms with Crippen molar-refractivity contribution in [3.63, 3.8) is 0 Å². The number of halogens is 1. The highest BCUT2D eigenvalue weighted by Crippen LogP contribution is 2.26. The summed E-state index contributed by atoms with van der Waals surface area (Å²) in [4.78, 5) is 26.6. The highest BCUT2D eigenvalue weighted by Gasteiger charge is 2.31. The third-order valence-electron chi connectivity index (χ3n) is 4.49. The number of anilines is 1. The van der Waals surface area contributed by atoms with Crippen LogP contribution in [0.3, 0.4) is 0 Å². The Morgan fingerprint density at radius 2 is 2.08 bits per heavy atom. The Morgan fingerprint density at radius 3 is 2.85 bits per heavy atom. The van der Waals surface area contributed by atoms with Gasteiger partial charge in [-0.25, -0.2) is 10.1 Å². The molecule has 0 aliphatic carbocycles. The number of pyridine rings is 2. The van der Waals surface area contributed by atoms with Crippen molar-refractivity contribution < 1.29 is 9.18 Å². The minimum absolute atomic E-state index is 0.00185. The zero-order chi connectivity index (χ0) is 17.9. The Balaban J connectivity index is 1.51. The van der Waals surface area contributed by atoms with Crippen molar-refractivity contribution >= 4 is 11.9 Å². The van der Waals surface area contributed by atoms with Crippen molar-refractivity contribution in [1.82, 2.24) is 25.1 Å². The molecule has 1 atom stereocenters. The minimum Gasteiger partial charge on any atom is -0.281 e. The summed E-state index contributed by atoms with van der Waals surface area (Å²) in [5, 5.41) is 7.06. The highest BCUT2D eigenvalue weighted by atomic mass is 19.1. The van der Waals surface area contributed by atoms with E-state index in [9.17, 15) is 9.18 Å². The molecule has 1 unspecified atom stereocenters. The first kappa shape index (κ1) is 16.3. The molecule has 0 spiro atoms. The first-order valence-corrected chi connectivity index (χ1v) is 8.45. The molecule has 1 aliphatic heterocycles. The molecule has 0 radical (unpaired) electrons. The number of amides is 1. The maximum absolute atomic E-state index is 13.0. The smallest absolute Gasteiger partial charge is 0.232 e. The van der Waals surface area contributed by atoms with Crippen LogP contribution in [-0.2, 0) is 11.2 Å². The van der Waals surface area contributed by atoms with E-state index < -0.39 is 5.95 Å². The van der Waals surface area contributed by atoms with Gasteiger partial charge in [0.05, 0.1) is 0 Å². The lowest BCUT2D eigenvalue weighted by atomic mass is 9.91. The van der Waals surface area contributed by atoms with Crippen LogP contribution in [0.4, 0.5) is 10.3 Å². The average Bonchev–Trinajstić information content (AvgIpc) is 3.16. The average molecular weight is 352 g/mol. The molecule has 3 aromatic heterocycles. The van der Waals surface area contributed by atoms with Gasteiger partial charge in [0.15, 0.2) is 5.82 Å². The van der Waals surface area contributed by atoms with Crippen molar-refractivity contribution in [2.75, 3.05) is 11.4 Å². The number of rotatable bonds is 4. The van der Waals surface area contributed by atoms with E-state index in [1.165, 1.54) is 12.3 Å². The van der Waals surface area contributed by atoms with E-state index in [1.54, 1.807) is 23.4 Å². The van der Waals surface area contributed by atoms with Crippen LogP contribution in [0.5, 0.6) is 0 Å². The Kier molecular flexibility index (Phi) is 4.39. The van der Waals surface area contributed by atoms with Crippen LogP contribution in [0.15, 0.2) is 42.9 Å². The third-order valence-corrected chi connectivity index (χ3v) is 4.49. The zero-order valence-electron chi connectivity index (χ0n) is 14.0. The fraction of sp³-hybridized carbons (Fsp3) is 0.278. The molecule has 0 aromatic carbocycles. The normalized spacial score (nSPS) is 17.5. The summed E-state index contributed by atoms with van der Waals surface area (Å²) in [6.45, 7) is 0.599. The van der Waals surface area contributed by atoms with Crippen LogP contribution < -0.4 is 4.90 Å². The maximum Gasteiger partial charge on any atom is 0.232 e. The standard InChI is InChI=1S/C18H17FN6O/c19-15-4-3-12(11-21-15)10-14-2-1-9-25(17(14)26)18-22-16(23-24-18)13-5-7-20-8-6-13/h3-8,11,14H,1-2,9-10H2,(H,22,23,24).